The van der Waals surface area contributed by atoms with Crippen molar-refractivity contribution in [2.45, 2.75) is 16.7 Å². The number of nitrogens with one attached hydrogen (secondary N) is 1. The quantitative estimate of drug-likeness (QED) is 0.783. The largest absolute Gasteiger partial charge is 0.422 e. The Balaban J connectivity index is 2.37. The van der Waals surface area contributed by atoms with Gasteiger partial charge in [-0.15, -0.1) is 0 Å². The van der Waals surface area contributed by atoms with E-state index in [-0.39, 0.29) is 0 Å². The minimum atomic E-state index is -5.22. The van der Waals surface area contributed by atoms with Crippen LogP contribution in [0.2, 0.25) is 0 Å². The van der Waals surface area contributed by atoms with Crippen molar-refractivity contribution in [3.63, 3.8) is 0 Å². The molecule has 0 saturated heterocycles. The molecule has 2 aromatic rings. The molecule has 10 heteroatoms. The normalized spacial score (nSPS) is 15.0. The molecule has 0 aliphatic heterocycles. The molecule has 0 bridgehead atoms. The third-order valence-electron chi connectivity index (χ3n) is 3.42. The lowest BCUT2D eigenvalue weighted by molar-refractivity contribution is -0.263. The lowest BCUT2D eigenvalue weighted by Gasteiger charge is -2.31. The fourth-order valence-electron chi connectivity index (χ4n) is 2.04. The van der Waals surface area contributed by atoms with E-state index in [1.807, 2.05) is 0 Å². The van der Waals surface area contributed by atoms with Crippen molar-refractivity contribution < 1.29 is 35.5 Å². The molecule has 0 radical (unpaired) electrons. The van der Waals surface area contributed by atoms with E-state index in [1.54, 1.807) is 0 Å². The highest BCUT2D eigenvalue weighted by atomic mass is 32.2. The first kappa shape index (κ1) is 19.3. The van der Waals surface area contributed by atoms with Gasteiger partial charge < -0.3 is 5.11 Å². The first-order valence-corrected chi connectivity index (χ1v) is 8.25. The Kier molecular flexibility index (Phi) is 5.17. The van der Waals surface area contributed by atoms with Gasteiger partial charge in [0.05, 0.1) is 6.54 Å². The van der Waals surface area contributed by atoms with E-state index in [1.165, 1.54) is 22.9 Å². The van der Waals surface area contributed by atoms with Gasteiger partial charge in [0.2, 0.25) is 10.0 Å². The number of alkyl halides is 3. The number of rotatable bonds is 5. The SMILES string of the molecule is O=S(=O)(NC[C@@](O)(c1ccccc1)C(F)(F)F)c1cc(F)ccc1F. The van der Waals surface area contributed by atoms with Crippen LogP contribution in [0.25, 0.3) is 0 Å². The summed E-state index contributed by atoms with van der Waals surface area (Å²) in [6.07, 6.45) is -5.22. The van der Waals surface area contributed by atoms with Gasteiger partial charge in [-0.25, -0.2) is 21.9 Å². The van der Waals surface area contributed by atoms with Crippen LogP contribution in [0.15, 0.2) is 53.4 Å². The fraction of sp³-hybridized carbons (Fsp3) is 0.200. The molecule has 2 N–H and O–H groups in total. The highest BCUT2D eigenvalue weighted by molar-refractivity contribution is 7.89. The second kappa shape index (κ2) is 6.70. The summed E-state index contributed by atoms with van der Waals surface area (Å²) in [7, 11) is -4.84. The van der Waals surface area contributed by atoms with E-state index in [2.05, 4.69) is 0 Å². The molecule has 0 heterocycles. The summed E-state index contributed by atoms with van der Waals surface area (Å²) in [5.74, 6) is -2.43. The molecule has 4 nitrogen and oxygen atoms in total. The molecule has 25 heavy (non-hydrogen) atoms. The summed E-state index contributed by atoms with van der Waals surface area (Å²) < 4.78 is 92.1. The zero-order valence-corrected chi connectivity index (χ0v) is 13.2. The predicted molar refractivity (Wildman–Crippen MR) is 77.9 cm³/mol. The third kappa shape index (κ3) is 3.97. The van der Waals surface area contributed by atoms with Gasteiger partial charge in [-0.2, -0.15) is 13.2 Å². The standard InChI is InChI=1S/C15H12F5NO3S/c16-11-6-7-12(17)13(8-11)25(23,24)21-9-14(22,15(18,19)20)10-4-2-1-3-5-10/h1-8,21-22H,9H2/t14-/m1/s1. The summed E-state index contributed by atoms with van der Waals surface area (Å²) in [5.41, 5.74) is -4.16. The minimum absolute atomic E-state index is 0.326. The molecule has 2 rings (SSSR count). The average Bonchev–Trinajstić information content (AvgIpc) is 2.54. The summed E-state index contributed by atoms with van der Waals surface area (Å²) in [4.78, 5) is -1.16. The van der Waals surface area contributed by atoms with E-state index >= 15 is 0 Å². The van der Waals surface area contributed by atoms with Crippen molar-refractivity contribution in [2.24, 2.45) is 0 Å². The van der Waals surface area contributed by atoms with Crippen LogP contribution in [0.4, 0.5) is 22.0 Å². The minimum Gasteiger partial charge on any atom is -0.375 e. The maximum absolute atomic E-state index is 13.6. The van der Waals surface area contributed by atoms with Crippen LogP contribution in [-0.2, 0) is 15.6 Å². The van der Waals surface area contributed by atoms with E-state index in [0.717, 1.165) is 12.1 Å². The summed E-state index contributed by atoms with van der Waals surface area (Å²) in [6, 6.07) is 7.30. The van der Waals surface area contributed by atoms with Crippen LogP contribution in [-0.4, -0.2) is 26.2 Å². The molecule has 0 unspecified atom stereocenters. The number of aliphatic hydroxyl groups is 1. The Morgan fingerprint density at radius 2 is 1.60 bits per heavy atom. The van der Waals surface area contributed by atoms with E-state index in [0.29, 0.717) is 18.2 Å². The van der Waals surface area contributed by atoms with Gasteiger partial charge in [0.1, 0.15) is 16.5 Å². The van der Waals surface area contributed by atoms with Crippen LogP contribution in [0, 0.1) is 11.6 Å². The van der Waals surface area contributed by atoms with Crippen LogP contribution in [0.3, 0.4) is 0 Å². The molecule has 0 saturated carbocycles. The van der Waals surface area contributed by atoms with Crippen LogP contribution >= 0.6 is 0 Å². The molecule has 0 aliphatic rings. The first-order chi connectivity index (χ1) is 11.5. The van der Waals surface area contributed by atoms with Crippen LogP contribution < -0.4 is 4.72 Å². The zero-order chi connectivity index (χ0) is 18.9. The van der Waals surface area contributed by atoms with E-state index < -0.39 is 50.4 Å². The molecule has 2 aromatic carbocycles. The Hall–Kier alpha value is -2.04. The molecule has 1 atom stereocenters. The van der Waals surface area contributed by atoms with Gasteiger partial charge in [0.15, 0.2) is 5.60 Å². The van der Waals surface area contributed by atoms with Gasteiger partial charge >= 0.3 is 6.18 Å². The highest BCUT2D eigenvalue weighted by Crippen LogP contribution is 2.38. The zero-order valence-electron chi connectivity index (χ0n) is 12.4. The highest BCUT2D eigenvalue weighted by Gasteiger charge is 2.55. The molecule has 0 spiro atoms. The van der Waals surface area contributed by atoms with E-state index in [4.69, 9.17) is 0 Å². The molecule has 0 fully saturated rings. The summed E-state index contributed by atoms with van der Waals surface area (Å²) >= 11 is 0. The Morgan fingerprint density at radius 3 is 2.16 bits per heavy atom. The smallest absolute Gasteiger partial charge is 0.375 e. The Morgan fingerprint density at radius 1 is 1.00 bits per heavy atom. The van der Waals surface area contributed by atoms with Crippen molar-refractivity contribution >= 4 is 10.0 Å². The number of benzene rings is 2. The molecule has 136 valence electrons. The molecular weight excluding hydrogens is 369 g/mol. The lowest BCUT2D eigenvalue weighted by atomic mass is 9.93. The molecule has 0 aliphatic carbocycles. The predicted octanol–water partition coefficient (Wildman–Crippen LogP) is 2.69. The summed E-state index contributed by atoms with van der Waals surface area (Å²) in [5, 5.41) is 10.0. The van der Waals surface area contributed by atoms with Crippen molar-refractivity contribution in [2.75, 3.05) is 6.54 Å². The van der Waals surface area contributed by atoms with Crippen LogP contribution in [0.5, 0.6) is 0 Å². The number of hydrogen-bond donors (Lipinski definition) is 2. The topological polar surface area (TPSA) is 66.4 Å². The monoisotopic (exact) mass is 381 g/mol. The molecular formula is C15H12F5NO3S. The van der Waals surface area contributed by atoms with Crippen molar-refractivity contribution in [1.29, 1.82) is 0 Å². The maximum atomic E-state index is 13.6. The number of sulfonamides is 1. The van der Waals surface area contributed by atoms with Crippen molar-refractivity contribution in [3.05, 3.63) is 65.7 Å². The fourth-order valence-corrected chi connectivity index (χ4v) is 3.19. The number of hydrogen-bond acceptors (Lipinski definition) is 3. The second-order valence-electron chi connectivity index (χ2n) is 5.12. The summed E-state index contributed by atoms with van der Waals surface area (Å²) in [6.45, 7) is -1.52. The van der Waals surface area contributed by atoms with Gasteiger partial charge in [0, 0.05) is 0 Å². The molecule has 0 aromatic heterocycles. The van der Waals surface area contributed by atoms with Crippen molar-refractivity contribution in [1.82, 2.24) is 4.72 Å². The lowest BCUT2D eigenvalue weighted by Crippen LogP contribution is -2.51. The Bertz CT molecular complexity index is 855. The van der Waals surface area contributed by atoms with Crippen LogP contribution in [0.1, 0.15) is 5.56 Å². The van der Waals surface area contributed by atoms with Gasteiger partial charge in [0.25, 0.3) is 0 Å². The Labute approximate surface area is 140 Å². The van der Waals surface area contributed by atoms with E-state index in [9.17, 15) is 35.5 Å². The first-order valence-electron chi connectivity index (χ1n) is 6.77. The van der Waals surface area contributed by atoms with Gasteiger partial charge in [-0.3, -0.25) is 0 Å². The molecule has 0 amide bonds. The van der Waals surface area contributed by atoms with Crippen molar-refractivity contribution in [3.8, 4) is 0 Å². The number of halogens is 5. The van der Waals surface area contributed by atoms with Gasteiger partial charge in [-0.1, -0.05) is 30.3 Å². The average molecular weight is 381 g/mol. The second-order valence-corrected chi connectivity index (χ2v) is 6.86. The maximum Gasteiger partial charge on any atom is 0.422 e. The third-order valence-corrected chi connectivity index (χ3v) is 4.84. The van der Waals surface area contributed by atoms with Gasteiger partial charge in [-0.05, 0) is 23.8 Å².